The van der Waals surface area contributed by atoms with Crippen molar-refractivity contribution in [3.63, 3.8) is 0 Å². The molecule has 0 aliphatic rings. The molecule has 0 N–H and O–H groups in total. The third-order valence-corrected chi connectivity index (χ3v) is 4.08. The van der Waals surface area contributed by atoms with Gasteiger partial charge in [0.2, 0.25) is 5.54 Å². The zero-order chi connectivity index (χ0) is 12.4. The first-order valence-electron chi connectivity index (χ1n) is 6.23. The number of hydrogen-bond acceptors (Lipinski definition) is 3. The third kappa shape index (κ3) is 7.97. The summed E-state index contributed by atoms with van der Waals surface area (Å²) in [4.78, 5) is 10.5. The van der Waals surface area contributed by atoms with Gasteiger partial charge < -0.3 is 0 Å². The van der Waals surface area contributed by atoms with Crippen LogP contribution in [0.2, 0.25) is 0 Å². The second-order valence-electron chi connectivity index (χ2n) is 4.89. The van der Waals surface area contributed by atoms with Crippen LogP contribution in [0.4, 0.5) is 0 Å². The van der Waals surface area contributed by atoms with Crippen LogP contribution in [0.15, 0.2) is 0 Å². The van der Waals surface area contributed by atoms with E-state index in [4.69, 9.17) is 0 Å². The smallest absolute Gasteiger partial charge is 0.225 e. The van der Waals surface area contributed by atoms with Gasteiger partial charge in [0.1, 0.15) is 0 Å². The summed E-state index contributed by atoms with van der Waals surface area (Å²) in [6.45, 7) is 5.61. The normalized spacial score (nSPS) is 11.7. The number of unbranched alkanes of at least 4 members (excludes halogenated alkanes) is 5. The third-order valence-electron chi connectivity index (χ3n) is 2.59. The Hall–Kier alpha value is -0.250. The highest BCUT2D eigenvalue weighted by Gasteiger charge is 2.29. The van der Waals surface area contributed by atoms with Gasteiger partial charge in [-0.1, -0.05) is 39.0 Å². The average molecular weight is 247 g/mol. The minimum absolute atomic E-state index is 0.179. The quantitative estimate of drug-likeness (QED) is 0.331. The Morgan fingerprint density at radius 3 is 2.25 bits per heavy atom. The van der Waals surface area contributed by atoms with Crippen molar-refractivity contribution in [2.75, 3.05) is 11.5 Å². The molecule has 0 aliphatic carbocycles. The fourth-order valence-electron chi connectivity index (χ4n) is 1.36. The maximum absolute atomic E-state index is 10.7. The van der Waals surface area contributed by atoms with Gasteiger partial charge in [-0.2, -0.15) is 11.8 Å². The molecule has 0 aromatic carbocycles. The molecule has 0 saturated carbocycles. The molecule has 0 radical (unpaired) electrons. The van der Waals surface area contributed by atoms with Crippen LogP contribution in [0.1, 0.15) is 59.3 Å². The van der Waals surface area contributed by atoms with Crippen LogP contribution < -0.4 is 0 Å². The predicted molar refractivity (Wildman–Crippen MR) is 71.8 cm³/mol. The molecule has 0 fully saturated rings. The Morgan fingerprint density at radius 2 is 1.69 bits per heavy atom. The van der Waals surface area contributed by atoms with Crippen molar-refractivity contribution in [3.8, 4) is 0 Å². The predicted octanol–water partition coefficient (Wildman–Crippen LogP) is 4.14. The largest absolute Gasteiger partial charge is 0.264 e. The van der Waals surface area contributed by atoms with Crippen molar-refractivity contribution >= 4 is 11.8 Å². The Morgan fingerprint density at radius 1 is 1.12 bits per heavy atom. The van der Waals surface area contributed by atoms with Gasteiger partial charge in [0.25, 0.3) is 0 Å². The van der Waals surface area contributed by atoms with Crippen molar-refractivity contribution in [2.45, 2.75) is 64.8 Å². The van der Waals surface area contributed by atoms with Crippen molar-refractivity contribution in [3.05, 3.63) is 10.1 Å². The summed E-state index contributed by atoms with van der Waals surface area (Å²) in [6.07, 6.45) is 7.73. The second-order valence-corrected chi connectivity index (χ2v) is 6.00. The summed E-state index contributed by atoms with van der Waals surface area (Å²) in [5.74, 6) is 1.68. The minimum atomic E-state index is -0.771. The SMILES string of the molecule is CCCCCCCCSCC(C)(C)[N+](=O)[O-]. The Labute approximate surface area is 104 Å². The molecular formula is C12H25NO2S. The Kier molecular flexibility index (Phi) is 8.71. The molecule has 0 amide bonds. The zero-order valence-corrected chi connectivity index (χ0v) is 11.6. The number of nitrogens with zero attached hydrogens (tertiary/aromatic N) is 1. The van der Waals surface area contributed by atoms with Gasteiger partial charge in [0.05, 0.1) is 5.75 Å². The van der Waals surface area contributed by atoms with Gasteiger partial charge in [0, 0.05) is 18.8 Å². The van der Waals surface area contributed by atoms with E-state index in [0.29, 0.717) is 5.75 Å². The van der Waals surface area contributed by atoms with E-state index < -0.39 is 5.54 Å². The van der Waals surface area contributed by atoms with Crippen molar-refractivity contribution < 1.29 is 4.92 Å². The van der Waals surface area contributed by atoms with Crippen LogP contribution in [0.25, 0.3) is 0 Å². The van der Waals surface area contributed by atoms with Crippen molar-refractivity contribution in [1.29, 1.82) is 0 Å². The first-order valence-corrected chi connectivity index (χ1v) is 7.38. The average Bonchev–Trinajstić information content (AvgIpc) is 2.21. The van der Waals surface area contributed by atoms with E-state index in [2.05, 4.69) is 6.92 Å². The molecule has 4 heteroatoms. The minimum Gasteiger partial charge on any atom is -0.264 e. The summed E-state index contributed by atoms with van der Waals surface area (Å²) in [5.41, 5.74) is -0.771. The van der Waals surface area contributed by atoms with E-state index in [-0.39, 0.29) is 4.92 Å². The fraction of sp³-hybridized carbons (Fsp3) is 1.00. The number of hydrogen-bond donors (Lipinski definition) is 0. The van der Waals surface area contributed by atoms with E-state index >= 15 is 0 Å². The van der Waals surface area contributed by atoms with Gasteiger partial charge in [-0.05, 0) is 12.2 Å². The summed E-state index contributed by atoms with van der Waals surface area (Å²) >= 11 is 1.71. The molecule has 0 atom stereocenters. The van der Waals surface area contributed by atoms with Gasteiger partial charge in [-0.3, -0.25) is 10.1 Å². The van der Waals surface area contributed by atoms with Crippen LogP contribution in [0, 0.1) is 10.1 Å². The number of nitro groups is 1. The van der Waals surface area contributed by atoms with Crippen LogP contribution in [-0.4, -0.2) is 22.0 Å². The molecule has 0 heterocycles. The van der Waals surface area contributed by atoms with E-state index in [9.17, 15) is 10.1 Å². The molecule has 0 rings (SSSR count). The van der Waals surface area contributed by atoms with E-state index in [1.807, 2.05) is 0 Å². The van der Waals surface area contributed by atoms with Crippen LogP contribution in [0.5, 0.6) is 0 Å². The summed E-state index contributed by atoms with van der Waals surface area (Å²) in [6, 6.07) is 0. The molecule has 96 valence electrons. The highest BCUT2D eigenvalue weighted by Crippen LogP contribution is 2.17. The topological polar surface area (TPSA) is 43.1 Å². The zero-order valence-electron chi connectivity index (χ0n) is 10.8. The first kappa shape index (κ1) is 15.8. The molecular weight excluding hydrogens is 222 g/mol. The first-order chi connectivity index (χ1) is 7.50. The van der Waals surface area contributed by atoms with Gasteiger partial charge in [0.15, 0.2) is 0 Å². The van der Waals surface area contributed by atoms with Crippen molar-refractivity contribution in [2.24, 2.45) is 0 Å². The van der Waals surface area contributed by atoms with Crippen LogP contribution in [0.3, 0.4) is 0 Å². The van der Waals surface area contributed by atoms with E-state index in [1.54, 1.807) is 25.6 Å². The molecule has 0 aliphatic heterocycles. The molecule has 0 aromatic heterocycles. The molecule has 16 heavy (non-hydrogen) atoms. The lowest BCUT2D eigenvalue weighted by Crippen LogP contribution is -2.33. The van der Waals surface area contributed by atoms with E-state index in [0.717, 1.165) is 5.75 Å². The molecule has 0 aromatic rings. The monoisotopic (exact) mass is 247 g/mol. The van der Waals surface area contributed by atoms with Gasteiger partial charge in [-0.15, -0.1) is 0 Å². The lowest BCUT2D eigenvalue weighted by molar-refractivity contribution is -0.553. The second kappa shape index (κ2) is 8.85. The fourth-order valence-corrected chi connectivity index (χ4v) is 2.52. The maximum Gasteiger partial charge on any atom is 0.225 e. The maximum atomic E-state index is 10.7. The lowest BCUT2D eigenvalue weighted by Gasteiger charge is -2.14. The Bertz CT molecular complexity index is 195. The molecule has 0 saturated heterocycles. The summed E-state index contributed by atoms with van der Waals surface area (Å²) in [5, 5.41) is 10.7. The summed E-state index contributed by atoms with van der Waals surface area (Å²) < 4.78 is 0. The van der Waals surface area contributed by atoms with Gasteiger partial charge in [-0.25, -0.2) is 0 Å². The highest BCUT2D eigenvalue weighted by atomic mass is 32.2. The number of rotatable bonds is 10. The van der Waals surface area contributed by atoms with Crippen molar-refractivity contribution in [1.82, 2.24) is 0 Å². The lowest BCUT2D eigenvalue weighted by atomic mass is 10.1. The van der Waals surface area contributed by atoms with E-state index in [1.165, 1.54) is 38.5 Å². The standard InChI is InChI=1S/C12H25NO2S/c1-4-5-6-7-8-9-10-16-11-12(2,3)13(14)15/h4-11H2,1-3H3. The number of thioether (sulfide) groups is 1. The molecule has 0 bridgehead atoms. The highest BCUT2D eigenvalue weighted by molar-refractivity contribution is 7.99. The Balaban J connectivity index is 3.30. The van der Waals surface area contributed by atoms with Gasteiger partial charge >= 0.3 is 0 Å². The molecule has 0 spiro atoms. The molecule has 0 unspecified atom stereocenters. The van der Waals surface area contributed by atoms with Crippen LogP contribution in [-0.2, 0) is 0 Å². The summed E-state index contributed by atoms with van der Waals surface area (Å²) in [7, 11) is 0. The molecule has 3 nitrogen and oxygen atoms in total. The van der Waals surface area contributed by atoms with Crippen LogP contribution >= 0.6 is 11.8 Å².